The lowest BCUT2D eigenvalue weighted by Crippen LogP contribution is -2.06. The SMILES string of the molecule is C=CC.CC.CCC(=O)OC1=C(c2ccccc2C)C=CCC1. The summed E-state index contributed by atoms with van der Waals surface area (Å²) in [6.07, 6.45) is 8.08. The van der Waals surface area contributed by atoms with Gasteiger partial charge in [0.15, 0.2) is 0 Å². The highest BCUT2D eigenvalue weighted by Gasteiger charge is 2.15. The van der Waals surface area contributed by atoms with Crippen molar-refractivity contribution in [3.8, 4) is 0 Å². The lowest BCUT2D eigenvalue weighted by atomic mass is 9.94. The average Bonchev–Trinajstić information content (AvgIpc) is 2.58. The monoisotopic (exact) mass is 314 g/mol. The number of carbonyl (C=O) groups excluding carboxylic acids is 1. The summed E-state index contributed by atoms with van der Waals surface area (Å²) in [6, 6.07) is 8.17. The van der Waals surface area contributed by atoms with Gasteiger partial charge in [-0.25, -0.2) is 0 Å². The second-order valence-electron chi connectivity index (χ2n) is 4.83. The van der Waals surface area contributed by atoms with Crippen LogP contribution in [0, 0.1) is 6.92 Å². The van der Waals surface area contributed by atoms with Crippen LogP contribution in [0.3, 0.4) is 0 Å². The highest BCUT2D eigenvalue weighted by atomic mass is 16.5. The van der Waals surface area contributed by atoms with Crippen molar-refractivity contribution in [2.45, 2.75) is 53.9 Å². The smallest absolute Gasteiger partial charge is 0.310 e. The van der Waals surface area contributed by atoms with E-state index >= 15 is 0 Å². The van der Waals surface area contributed by atoms with Crippen molar-refractivity contribution in [2.75, 3.05) is 0 Å². The second-order valence-corrected chi connectivity index (χ2v) is 4.83. The molecular formula is C21H30O2. The van der Waals surface area contributed by atoms with Crippen LogP contribution in [0.2, 0.25) is 0 Å². The van der Waals surface area contributed by atoms with Gasteiger partial charge in [-0.15, -0.1) is 6.58 Å². The molecule has 0 bridgehead atoms. The van der Waals surface area contributed by atoms with Crippen LogP contribution < -0.4 is 0 Å². The number of benzene rings is 1. The van der Waals surface area contributed by atoms with E-state index in [1.807, 2.05) is 39.8 Å². The first-order chi connectivity index (χ1) is 11.1. The normalized spacial score (nSPS) is 12.4. The van der Waals surface area contributed by atoms with Gasteiger partial charge in [0.25, 0.3) is 0 Å². The number of esters is 1. The topological polar surface area (TPSA) is 26.3 Å². The number of allylic oxidation sites excluding steroid dienone is 5. The first-order valence-corrected chi connectivity index (χ1v) is 8.37. The van der Waals surface area contributed by atoms with Gasteiger partial charge in [-0.05, 0) is 31.4 Å². The standard InChI is InChI=1S/C16H18O2.C3H6.C2H6/c1-3-16(17)18-15-11-7-6-10-14(15)13-9-5-4-8-12(13)2;1-3-2;1-2/h4-6,8-10H,3,7,11H2,1-2H3;3H,1H2,2H3;1-2H3. The molecule has 0 radical (unpaired) electrons. The minimum Gasteiger partial charge on any atom is -0.430 e. The van der Waals surface area contributed by atoms with E-state index < -0.39 is 0 Å². The Morgan fingerprint density at radius 3 is 2.48 bits per heavy atom. The number of ether oxygens (including phenoxy) is 1. The fourth-order valence-electron chi connectivity index (χ4n) is 2.07. The molecule has 0 aromatic heterocycles. The van der Waals surface area contributed by atoms with Gasteiger partial charge in [-0.3, -0.25) is 4.79 Å². The van der Waals surface area contributed by atoms with Crippen molar-refractivity contribution >= 4 is 11.5 Å². The maximum atomic E-state index is 11.5. The van der Waals surface area contributed by atoms with Gasteiger partial charge < -0.3 is 4.74 Å². The largest absolute Gasteiger partial charge is 0.430 e. The van der Waals surface area contributed by atoms with Crippen LogP contribution in [0.25, 0.3) is 5.57 Å². The van der Waals surface area contributed by atoms with Crippen molar-refractivity contribution in [3.05, 3.63) is 66.0 Å². The molecule has 1 aromatic carbocycles. The molecule has 23 heavy (non-hydrogen) atoms. The zero-order valence-corrected chi connectivity index (χ0v) is 15.2. The number of carbonyl (C=O) groups is 1. The third kappa shape index (κ3) is 7.14. The molecular weight excluding hydrogens is 284 g/mol. The van der Waals surface area contributed by atoms with Crippen LogP contribution in [0.1, 0.15) is 58.1 Å². The molecule has 126 valence electrons. The van der Waals surface area contributed by atoms with E-state index in [4.69, 9.17) is 4.74 Å². The summed E-state index contributed by atoms with van der Waals surface area (Å²) in [7, 11) is 0. The van der Waals surface area contributed by atoms with Crippen molar-refractivity contribution in [1.29, 1.82) is 0 Å². The minimum atomic E-state index is -0.161. The predicted molar refractivity (Wildman–Crippen MR) is 100 cm³/mol. The number of hydrogen-bond donors (Lipinski definition) is 0. The number of rotatable bonds is 3. The first-order valence-electron chi connectivity index (χ1n) is 8.37. The molecule has 0 saturated carbocycles. The van der Waals surface area contributed by atoms with Crippen LogP contribution in [-0.4, -0.2) is 5.97 Å². The van der Waals surface area contributed by atoms with E-state index in [9.17, 15) is 4.79 Å². The molecule has 0 unspecified atom stereocenters. The Morgan fingerprint density at radius 2 is 1.91 bits per heavy atom. The van der Waals surface area contributed by atoms with Gasteiger partial charge in [0.2, 0.25) is 0 Å². The van der Waals surface area contributed by atoms with E-state index in [0.717, 1.165) is 29.7 Å². The minimum absolute atomic E-state index is 0.161. The molecule has 0 saturated heterocycles. The lowest BCUT2D eigenvalue weighted by molar-refractivity contribution is -0.139. The Kier molecular flexibility index (Phi) is 11.3. The molecule has 2 heteroatoms. The van der Waals surface area contributed by atoms with E-state index in [1.54, 1.807) is 6.08 Å². The van der Waals surface area contributed by atoms with E-state index in [-0.39, 0.29) is 5.97 Å². The van der Waals surface area contributed by atoms with Crippen molar-refractivity contribution in [1.82, 2.24) is 0 Å². The summed E-state index contributed by atoms with van der Waals surface area (Å²) < 4.78 is 5.45. The Bertz CT molecular complexity index is 551. The van der Waals surface area contributed by atoms with E-state index in [0.29, 0.717) is 6.42 Å². The highest BCUT2D eigenvalue weighted by Crippen LogP contribution is 2.30. The average molecular weight is 314 g/mol. The fraction of sp³-hybridized carbons (Fsp3) is 0.381. The molecule has 0 spiro atoms. The molecule has 0 fully saturated rings. The maximum absolute atomic E-state index is 11.5. The maximum Gasteiger partial charge on any atom is 0.310 e. The molecule has 2 nitrogen and oxygen atoms in total. The van der Waals surface area contributed by atoms with Crippen LogP contribution in [0.4, 0.5) is 0 Å². The molecule has 0 amide bonds. The summed E-state index contributed by atoms with van der Waals surface area (Å²) in [6.45, 7) is 13.1. The molecule has 0 aliphatic heterocycles. The third-order valence-corrected chi connectivity index (χ3v) is 3.08. The van der Waals surface area contributed by atoms with Gasteiger partial charge in [0.1, 0.15) is 5.76 Å². The summed E-state index contributed by atoms with van der Waals surface area (Å²) in [5, 5.41) is 0. The number of aryl methyl sites for hydroxylation is 1. The zero-order valence-electron chi connectivity index (χ0n) is 15.2. The van der Waals surface area contributed by atoms with E-state index in [2.05, 4.69) is 37.8 Å². The second kappa shape index (κ2) is 12.5. The predicted octanol–water partition coefficient (Wildman–Crippen LogP) is 6.23. The summed E-state index contributed by atoms with van der Waals surface area (Å²) >= 11 is 0. The van der Waals surface area contributed by atoms with Crippen molar-refractivity contribution in [2.24, 2.45) is 0 Å². The molecule has 2 rings (SSSR count). The third-order valence-electron chi connectivity index (χ3n) is 3.08. The Hall–Kier alpha value is -2.09. The Balaban J connectivity index is 0.000000868. The molecule has 0 heterocycles. The van der Waals surface area contributed by atoms with Gasteiger partial charge >= 0.3 is 5.97 Å². The molecule has 1 aliphatic carbocycles. The van der Waals surface area contributed by atoms with Crippen molar-refractivity contribution in [3.63, 3.8) is 0 Å². The quantitative estimate of drug-likeness (QED) is 0.488. The summed E-state index contributed by atoms with van der Waals surface area (Å²) in [5.41, 5.74) is 3.39. The summed E-state index contributed by atoms with van der Waals surface area (Å²) in [4.78, 5) is 11.5. The van der Waals surface area contributed by atoms with Gasteiger partial charge in [0, 0.05) is 18.4 Å². The van der Waals surface area contributed by atoms with E-state index in [1.165, 1.54) is 5.56 Å². The number of hydrogen-bond acceptors (Lipinski definition) is 2. The summed E-state index contributed by atoms with van der Waals surface area (Å²) in [5.74, 6) is 0.644. The van der Waals surface area contributed by atoms with Gasteiger partial charge in [-0.1, -0.05) is 63.3 Å². The Labute approximate surface area is 141 Å². The highest BCUT2D eigenvalue weighted by molar-refractivity contribution is 5.81. The van der Waals surface area contributed by atoms with Crippen LogP contribution >= 0.6 is 0 Å². The molecule has 1 aliphatic rings. The Morgan fingerprint density at radius 1 is 1.30 bits per heavy atom. The first kappa shape index (κ1) is 20.9. The van der Waals surface area contributed by atoms with Crippen LogP contribution in [-0.2, 0) is 9.53 Å². The van der Waals surface area contributed by atoms with Crippen molar-refractivity contribution < 1.29 is 9.53 Å². The van der Waals surface area contributed by atoms with Crippen LogP contribution in [0.15, 0.2) is 54.8 Å². The van der Waals surface area contributed by atoms with Crippen LogP contribution in [0.5, 0.6) is 0 Å². The molecule has 1 aromatic rings. The molecule has 0 atom stereocenters. The lowest BCUT2D eigenvalue weighted by Gasteiger charge is -2.17. The van der Waals surface area contributed by atoms with Gasteiger partial charge in [-0.2, -0.15) is 0 Å². The fourth-order valence-corrected chi connectivity index (χ4v) is 2.07. The zero-order chi connectivity index (χ0) is 17.7. The molecule has 0 N–H and O–H groups in total. The van der Waals surface area contributed by atoms with Gasteiger partial charge in [0.05, 0.1) is 0 Å².